The maximum absolute atomic E-state index is 11.5. The van der Waals surface area contributed by atoms with Gasteiger partial charge in [-0.15, -0.1) is 11.6 Å². The SMILES string of the molecule is CCOC(=O)[C@H](Cl)[C@H](OC=O)c1ccccc1. The van der Waals surface area contributed by atoms with Crippen LogP contribution in [-0.2, 0) is 19.1 Å². The van der Waals surface area contributed by atoms with E-state index >= 15 is 0 Å². The fourth-order valence-electron chi connectivity index (χ4n) is 1.36. The van der Waals surface area contributed by atoms with Crippen LogP contribution < -0.4 is 0 Å². The molecule has 0 spiro atoms. The highest BCUT2D eigenvalue weighted by Gasteiger charge is 2.30. The van der Waals surface area contributed by atoms with E-state index in [-0.39, 0.29) is 13.1 Å². The van der Waals surface area contributed by atoms with E-state index in [0.29, 0.717) is 5.56 Å². The van der Waals surface area contributed by atoms with Crippen molar-refractivity contribution in [2.24, 2.45) is 0 Å². The summed E-state index contributed by atoms with van der Waals surface area (Å²) in [5.74, 6) is -0.607. The van der Waals surface area contributed by atoms with Crippen LogP contribution >= 0.6 is 11.6 Å². The fraction of sp³-hybridized carbons (Fsp3) is 0.333. The molecule has 4 nitrogen and oxygen atoms in total. The van der Waals surface area contributed by atoms with E-state index < -0.39 is 17.5 Å². The molecule has 0 aliphatic rings. The Morgan fingerprint density at radius 1 is 1.41 bits per heavy atom. The highest BCUT2D eigenvalue weighted by Crippen LogP contribution is 2.25. The number of halogens is 1. The molecule has 0 saturated carbocycles. The Balaban J connectivity index is 2.85. The van der Waals surface area contributed by atoms with Gasteiger partial charge in [-0.1, -0.05) is 30.3 Å². The molecule has 0 unspecified atom stereocenters. The Morgan fingerprint density at radius 3 is 2.59 bits per heavy atom. The molecule has 2 atom stereocenters. The Kier molecular flexibility index (Phi) is 5.49. The number of benzene rings is 1. The standard InChI is InChI=1S/C12H13ClO4/c1-2-16-12(15)10(13)11(17-8-14)9-6-4-3-5-7-9/h3-8,10-11H,2H2,1H3/t10-,11-/m1/s1. The van der Waals surface area contributed by atoms with Gasteiger partial charge in [-0.2, -0.15) is 0 Å². The van der Waals surface area contributed by atoms with Crippen molar-refractivity contribution in [1.82, 2.24) is 0 Å². The van der Waals surface area contributed by atoms with E-state index in [1.54, 1.807) is 31.2 Å². The molecule has 0 N–H and O–H groups in total. The molecule has 5 heteroatoms. The molecule has 0 aliphatic carbocycles. The van der Waals surface area contributed by atoms with Crippen LogP contribution in [0.15, 0.2) is 30.3 Å². The molecule has 0 aliphatic heterocycles. The van der Waals surface area contributed by atoms with Crippen LogP contribution in [0.25, 0.3) is 0 Å². The van der Waals surface area contributed by atoms with Crippen molar-refractivity contribution in [2.75, 3.05) is 6.61 Å². The Morgan fingerprint density at radius 2 is 2.06 bits per heavy atom. The van der Waals surface area contributed by atoms with Gasteiger partial charge in [-0.3, -0.25) is 9.59 Å². The maximum atomic E-state index is 11.5. The number of hydrogen-bond donors (Lipinski definition) is 0. The Hall–Kier alpha value is -1.55. The third kappa shape index (κ3) is 3.75. The lowest BCUT2D eigenvalue weighted by atomic mass is 10.1. The summed E-state index contributed by atoms with van der Waals surface area (Å²) in [6.45, 7) is 2.18. The summed E-state index contributed by atoms with van der Waals surface area (Å²) >= 11 is 5.93. The lowest BCUT2D eigenvalue weighted by Crippen LogP contribution is -2.26. The van der Waals surface area contributed by atoms with Gasteiger partial charge in [0.1, 0.15) is 0 Å². The monoisotopic (exact) mass is 256 g/mol. The molecule has 0 saturated heterocycles. The number of rotatable bonds is 6. The van der Waals surface area contributed by atoms with Crippen LogP contribution in [0.1, 0.15) is 18.6 Å². The highest BCUT2D eigenvalue weighted by atomic mass is 35.5. The van der Waals surface area contributed by atoms with E-state index in [9.17, 15) is 9.59 Å². The van der Waals surface area contributed by atoms with Gasteiger partial charge in [0.2, 0.25) is 0 Å². The van der Waals surface area contributed by atoms with E-state index in [4.69, 9.17) is 21.1 Å². The second-order valence-corrected chi connectivity index (χ2v) is 3.69. The average molecular weight is 257 g/mol. The second kappa shape index (κ2) is 6.91. The minimum Gasteiger partial charge on any atom is -0.465 e. The van der Waals surface area contributed by atoms with Gasteiger partial charge in [-0.05, 0) is 12.5 Å². The van der Waals surface area contributed by atoms with Gasteiger partial charge < -0.3 is 9.47 Å². The summed E-state index contributed by atoms with van der Waals surface area (Å²) in [5, 5.41) is -1.05. The zero-order chi connectivity index (χ0) is 12.7. The zero-order valence-corrected chi connectivity index (χ0v) is 10.1. The van der Waals surface area contributed by atoms with Crippen molar-refractivity contribution in [2.45, 2.75) is 18.4 Å². The van der Waals surface area contributed by atoms with E-state index in [1.165, 1.54) is 0 Å². The van der Waals surface area contributed by atoms with E-state index in [1.807, 2.05) is 6.07 Å². The molecule has 0 fully saturated rings. The lowest BCUT2D eigenvalue weighted by molar-refractivity contribution is -0.148. The topological polar surface area (TPSA) is 52.6 Å². The summed E-state index contributed by atoms with van der Waals surface area (Å²) in [6, 6.07) is 8.80. The zero-order valence-electron chi connectivity index (χ0n) is 9.34. The second-order valence-electron chi connectivity index (χ2n) is 3.22. The summed E-state index contributed by atoms with van der Waals surface area (Å²) in [7, 11) is 0. The molecule has 1 aromatic carbocycles. The summed E-state index contributed by atoms with van der Waals surface area (Å²) in [4.78, 5) is 21.9. The Labute approximate surface area is 104 Å². The van der Waals surface area contributed by atoms with Gasteiger partial charge in [0.15, 0.2) is 11.5 Å². The number of carbonyl (C=O) groups is 2. The van der Waals surface area contributed by atoms with Crippen molar-refractivity contribution in [3.8, 4) is 0 Å². The molecular weight excluding hydrogens is 244 g/mol. The van der Waals surface area contributed by atoms with E-state index in [2.05, 4.69) is 0 Å². The predicted octanol–water partition coefficient (Wildman–Crippen LogP) is 2.07. The summed E-state index contributed by atoms with van der Waals surface area (Å²) in [6.07, 6.45) is -0.839. The number of alkyl halides is 1. The third-order valence-corrected chi connectivity index (χ3v) is 2.51. The normalized spacial score (nSPS) is 13.5. The molecule has 1 rings (SSSR count). The molecule has 0 bridgehead atoms. The largest absolute Gasteiger partial charge is 0.465 e. The predicted molar refractivity (Wildman–Crippen MR) is 62.6 cm³/mol. The first-order valence-corrected chi connectivity index (χ1v) is 5.59. The third-order valence-electron chi connectivity index (χ3n) is 2.11. The van der Waals surface area contributed by atoms with Crippen LogP contribution in [0.5, 0.6) is 0 Å². The van der Waals surface area contributed by atoms with Gasteiger partial charge in [0.05, 0.1) is 6.61 Å². The van der Waals surface area contributed by atoms with Crippen molar-refractivity contribution in [1.29, 1.82) is 0 Å². The van der Waals surface area contributed by atoms with Gasteiger partial charge >= 0.3 is 5.97 Å². The molecule has 0 radical (unpaired) electrons. The lowest BCUT2D eigenvalue weighted by Gasteiger charge is -2.19. The Bertz CT molecular complexity index is 366. The van der Waals surface area contributed by atoms with Crippen molar-refractivity contribution in [3.05, 3.63) is 35.9 Å². The molecule has 17 heavy (non-hydrogen) atoms. The van der Waals surface area contributed by atoms with Crippen LogP contribution in [-0.4, -0.2) is 24.4 Å². The van der Waals surface area contributed by atoms with Crippen LogP contribution in [0.2, 0.25) is 0 Å². The maximum Gasteiger partial charge on any atom is 0.328 e. The van der Waals surface area contributed by atoms with Gasteiger partial charge in [0.25, 0.3) is 6.47 Å². The molecule has 0 heterocycles. The van der Waals surface area contributed by atoms with Gasteiger partial charge in [-0.25, -0.2) is 0 Å². The molecule has 0 aromatic heterocycles. The molecular formula is C12H13ClO4. The average Bonchev–Trinajstić information content (AvgIpc) is 2.36. The quantitative estimate of drug-likeness (QED) is 0.444. The minimum absolute atomic E-state index is 0.227. The summed E-state index contributed by atoms with van der Waals surface area (Å²) in [5.41, 5.74) is 0.646. The fourth-order valence-corrected chi connectivity index (χ4v) is 1.63. The first-order chi connectivity index (χ1) is 8.20. The van der Waals surface area contributed by atoms with Crippen LogP contribution in [0.4, 0.5) is 0 Å². The molecule has 0 amide bonds. The number of hydrogen-bond acceptors (Lipinski definition) is 4. The minimum atomic E-state index is -1.05. The first-order valence-electron chi connectivity index (χ1n) is 5.15. The molecule has 1 aromatic rings. The number of esters is 1. The molecule has 92 valence electrons. The number of carbonyl (C=O) groups excluding carboxylic acids is 2. The van der Waals surface area contributed by atoms with Crippen molar-refractivity contribution >= 4 is 24.0 Å². The smallest absolute Gasteiger partial charge is 0.328 e. The summed E-state index contributed by atoms with van der Waals surface area (Å²) < 4.78 is 9.63. The van der Waals surface area contributed by atoms with Gasteiger partial charge in [0, 0.05) is 0 Å². The van der Waals surface area contributed by atoms with Crippen molar-refractivity contribution in [3.63, 3.8) is 0 Å². The van der Waals surface area contributed by atoms with E-state index in [0.717, 1.165) is 0 Å². The number of ether oxygens (including phenoxy) is 2. The van der Waals surface area contributed by atoms with Crippen LogP contribution in [0, 0.1) is 0 Å². The van der Waals surface area contributed by atoms with Crippen molar-refractivity contribution < 1.29 is 19.1 Å². The van der Waals surface area contributed by atoms with Crippen LogP contribution in [0.3, 0.4) is 0 Å². The first kappa shape index (κ1) is 13.5. The highest BCUT2D eigenvalue weighted by molar-refractivity contribution is 6.30.